The molecule has 0 heterocycles. The lowest BCUT2D eigenvalue weighted by Gasteiger charge is -2.12. The average molecular weight is 188 g/mol. The van der Waals surface area contributed by atoms with Crippen molar-refractivity contribution in [2.45, 2.75) is 38.5 Å². The van der Waals surface area contributed by atoms with E-state index in [1.165, 1.54) is 31.2 Å². The molecule has 1 aromatic carbocycles. The van der Waals surface area contributed by atoms with Crippen LogP contribution in [0.4, 0.5) is 0 Å². The van der Waals surface area contributed by atoms with Crippen LogP contribution in [0.2, 0.25) is 0 Å². The number of unbranched alkanes of at least 4 members (excludes halogenated alkanes) is 2. The summed E-state index contributed by atoms with van der Waals surface area (Å²) in [5.74, 6) is 0.544. The number of hydrogen-bond donors (Lipinski definition) is 0. The predicted octanol–water partition coefficient (Wildman–Crippen LogP) is 4.54. The van der Waals surface area contributed by atoms with E-state index in [4.69, 9.17) is 0 Å². The summed E-state index contributed by atoms with van der Waals surface area (Å²) in [5, 5.41) is 0. The summed E-state index contributed by atoms with van der Waals surface area (Å²) in [6, 6.07) is 10.7. The SMILES string of the molecule is C=CC(CCCCC)c1ccccc1. The highest BCUT2D eigenvalue weighted by Crippen LogP contribution is 2.22. The van der Waals surface area contributed by atoms with Crippen molar-refractivity contribution in [2.24, 2.45) is 0 Å². The average Bonchev–Trinajstić information content (AvgIpc) is 2.26. The van der Waals surface area contributed by atoms with Crippen LogP contribution in [0.25, 0.3) is 0 Å². The van der Waals surface area contributed by atoms with Crippen molar-refractivity contribution in [1.82, 2.24) is 0 Å². The summed E-state index contributed by atoms with van der Waals surface area (Å²) in [5.41, 5.74) is 1.40. The standard InChI is InChI=1S/C14H20/c1-3-5-7-10-13(4-2)14-11-8-6-9-12-14/h4,6,8-9,11-13H,2-3,5,7,10H2,1H3. The Labute approximate surface area is 87.7 Å². The van der Waals surface area contributed by atoms with Crippen molar-refractivity contribution in [3.8, 4) is 0 Å². The first-order valence-electron chi connectivity index (χ1n) is 5.56. The highest BCUT2D eigenvalue weighted by Gasteiger charge is 2.05. The minimum atomic E-state index is 0.544. The van der Waals surface area contributed by atoms with Crippen molar-refractivity contribution >= 4 is 0 Å². The molecule has 0 fully saturated rings. The van der Waals surface area contributed by atoms with Crippen LogP contribution in [0.1, 0.15) is 44.1 Å². The first-order valence-corrected chi connectivity index (χ1v) is 5.56. The fraction of sp³-hybridized carbons (Fsp3) is 0.429. The lowest BCUT2D eigenvalue weighted by atomic mass is 9.93. The Morgan fingerprint density at radius 2 is 1.93 bits per heavy atom. The molecule has 0 nitrogen and oxygen atoms in total. The third-order valence-electron chi connectivity index (χ3n) is 2.63. The summed E-state index contributed by atoms with van der Waals surface area (Å²) in [6.07, 6.45) is 7.24. The van der Waals surface area contributed by atoms with Gasteiger partial charge in [-0.3, -0.25) is 0 Å². The molecule has 0 bridgehead atoms. The normalized spacial score (nSPS) is 12.4. The lowest BCUT2D eigenvalue weighted by molar-refractivity contribution is 0.629. The van der Waals surface area contributed by atoms with E-state index in [1.54, 1.807) is 0 Å². The summed E-state index contributed by atoms with van der Waals surface area (Å²) in [7, 11) is 0. The minimum absolute atomic E-state index is 0.544. The Morgan fingerprint density at radius 1 is 1.21 bits per heavy atom. The first-order chi connectivity index (χ1) is 6.88. The van der Waals surface area contributed by atoms with Gasteiger partial charge in [0, 0.05) is 5.92 Å². The van der Waals surface area contributed by atoms with Gasteiger partial charge < -0.3 is 0 Å². The zero-order valence-electron chi connectivity index (χ0n) is 9.08. The van der Waals surface area contributed by atoms with Crippen molar-refractivity contribution in [2.75, 3.05) is 0 Å². The third-order valence-corrected chi connectivity index (χ3v) is 2.63. The van der Waals surface area contributed by atoms with Gasteiger partial charge in [-0.2, -0.15) is 0 Å². The van der Waals surface area contributed by atoms with Crippen LogP contribution in [-0.2, 0) is 0 Å². The second-order valence-corrected chi connectivity index (χ2v) is 3.75. The quantitative estimate of drug-likeness (QED) is 0.454. The molecule has 0 saturated heterocycles. The van der Waals surface area contributed by atoms with E-state index in [0.717, 1.165) is 0 Å². The molecule has 0 aliphatic rings. The largest absolute Gasteiger partial charge is 0.102 e. The molecule has 1 aromatic rings. The van der Waals surface area contributed by atoms with E-state index in [0.29, 0.717) is 5.92 Å². The Kier molecular flexibility index (Phi) is 5.06. The molecule has 0 amide bonds. The number of hydrogen-bond acceptors (Lipinski definition) is 0. The molecule has 1 atom stereocenters. The van der Waals surface area contributed by atoms with E-state index in [1.807, 2.05) is 0 Å². The number of rotatable bonds is 6. The van der Waals surface area contributed by atoms with Crippen LogP contribution in [0.5, 0.6) is 0 Å². The molecule has 0 aromatic heterocycles. The fourth-order valence-corrected chi connectivity index (χ4v) is 1.74. The minimum Gasteiger partial charge on any atom is -0.102 e. The second-order valence-electron chi connectivity index (χ2n) is 3.75. The van der Waals surface area contributed by atoms with E-state index < -0.39 is 0 Å². The van der Waals surface area contributed by atoms with Gasteiger partial charge in [-0.05, 0) is 12.0 Å². The summed E-state index contributed by atoms with van der Waals surface area (Å²) >= 11 is 0. The van der Waals surface area contributed by atoms with E-state index in [2.05, 4.69) is 49.9 Å². The van der Waals surface area contributed by atoms with Gasteiger partial charge in [-0.1, -0.05) is 62.6 Å². The Bertz CT molecular complexity index is 248. The molecule has 1 rings (SSSR count). The van der Waals surface area contributed by atoms with E-state index >= 15 is 0 Å². The van der Waals surface area contributed by atoms with Gasteiger partial charge in [0.05, 0.1) is 0 Å². The van der Waals surface area contributed by atoms with E-state index in [9.17, 15) is 0 Å². The monoisotopic (exact) mass is 188 g/mol. The smallest absolute Gasteiger partial charge is 0.00152 e. The van der Waals surface area contributed by atoms with Crippen molar-refractivity contribution in [3.05, 3.63) is 48.6 Å². The Balaban J connectivity index is 2.50. The lowest BCUT2D eigenvalue weighted by Crippen LogP contribution is -1.94. The summed E-state index contributed by atoms with van der Waals surface area (Å²) in [6.45, 7) is 6.16. The van der Waals surface area contributed by atoms with Crippen LogP contribution >= 0.6 is 0 Å². The van der Waals surface area contributed by atoms with Gasteiger partial charge >= 0.3 is 0 Å². The maximum absolute atomic E-state index is 3.92. The third kappa shape index (κ3) is 3.37. The molecular weight excluding hydrogens is 168 g/mol. The zero-order valence-corrected chi connectivity index (χ0v) is 9.08. The van der Waals surface area contributed by atoms with Crippen molar-refractivity contribution in [3.63, 3.8) is 0 Å². The van der Waals surface area contributed by atoms with Crippen molar-refractivity contribution in [1.29, 1.82) is 0 Å². The van der Waals surface area contributed by atoms with Crippen LogP contribution in [0.15, 0.2) is 43.0 Å². The van der Waals surface area contributed by atoms with Crippen LogP contribution < -0.4 is 0 Å². The topological polar surface area (TPSA) is 0 Å². The maximum Gasteiger partial charge on any atom is 0.00152 e. The van der Waals surface area contributed by atoms with Gasteiger partial charge in [0.2, 0.25) is 0 Å². The van der Waals surface area contributed by atoms with Crippen LogP contribution in [-0.4, -0.2) is 0 Å². The molecule has 0 aliphatic heterocycles. The molecule has 0 saturated carbocycles. The molecule has 76 valence electrons. The second kappa shape index (κ2) is 6.42. The van der Waals surface area contributed by atoms with Gasteiger partial charge in [0.15, 0.2) is 0 Å². The predicted molar refractivity (Wildman–Crippen MR) is 63.5 cm³/mol. The van der Waals surface area contributed by atoms with Gasteiger partial charge in [-0.25, -0.2) is 0 Å². The molecule has 0 spiro atoms. The summed E-state index contributed by atoms with van der Waals surface area (Å²) in [4.78, 5) is 0. The fourth-order valence-electron chi connectivity index (χ4n) is 1.74. The van der Waals surface area contributed by atoms with Crippen LogP contribution in [0, 0.1) is 0 Å². The number of allylic oxidation sites excluding steroid dienone is 1. The molecule has 0 radical (unpaired) electrons. The van der Waals surface area contributed by atoms with Gasteiger partial charge in [0.25, 0.3) is 0 Å². The van der Waals surface area contributed by atoms with E-state index in [-0.39, 0.29) is 0 Å². The summed E-state index contributed by atoms with van der Waals surface area (Å²) < 4.78 is 0. The molecule has 0 N–H and O–H groups in total. The Hall–Kier alpha value is -1.04. The number of benzene rings is 1. The first kappa shape index (κ1) is 11.0. The Morgan fingerprint density at radius 3 is 2.50 bits per heavy atom. The molecular formula is C14H20. The molecule has 0 heteroatoms. The van der Waals surface area contributed by atoms with Crippen LogP contribution in [0.3, 0.4) is 0 Å². The maximum atomic E-state index is 3.92. The highest BCUT2D eigenvalue weighted by molar-refractivity contribution is 5.22. The molecule has 14 heavy (non-hydrogen) atoms. The highest BCUT2D eigenvalue weighted by atomic mass is 14.1. The van der Waals surface area contributed by atoms with Gasteiger partial charge in [-0.15, -0.1) is 6.58 Å². The van der Waals surface area contributed by atoms with Gasteiger partial charge in [0.1, 0.15) is 0 Å². The zero-order chi connectivity index (χ0) is 10.2. The molecule has 1 unspecified atom stereocenters. The molecule has 0 aliphatic carbocycles. The van der Waals surface area contributed by atoms with Crippen molar-refractivity contribution < 1.29 is 0 Å².